The zero-order chi connectivity index (χ0) is 21.5. The van der Waals surface area contributed by atoms with Gasteiger partial charge in [-0.1, -0.05) is 6.07 Å². The Kier molecular flexibility index (Phi) is 6.84. The molecule has 0 radical (unpaired) electrons. The highest BCUT2D eigenvalue weighted by atomic mass is 16.3. The number of benzene rings is 2. The molecular weight excluding hydrogens is 382 g/mol. The molecule has 0 heterocycles. The highest BCUT2D eigenvalue weighted by molar-refractivity contribution is 6.23. The van der Waals surface area contributed by atoms with Crippen molar-refractivity contribution in [1.82, 2.24) is 0 Å². The van der Waals surface area contributed by atoms with Crippen molar-refractivity contribution in [3.8, 4) is 5.75 Å². The molecule has 1 aliphatic rings. The highest BCUT2D eigenvalue weighted by Crippen LogP contribution is 2.23. The summed E-state index contributed by atoms with van der Waals surface area (Å²) in [6.45, 7) is 0.853. The van der Waals surface area contributed by atoms with Crippen LogP contribution >= 0.6 is 0 Å². The number of aliphatic hydroxyl groups is 2. The lowest BCUT2D eigenvalue weighted by Crippen LogP contribution is -2.29. The van der Waals surface area contributed by atoms with Gasteiger partial charge in [0, 0.05) is 30.5 Å². The maximum Gasteiger partial charge on any atom is 0.117 e. The average Bonchev–Trinajstić information content (AvgIpc) is 2.72. The van der Waals surface area contributed by atoms with Crippen molar-refractivity contribution in [2.75, 3.05) is 36.5 Å². The normalized spacial score (nSPS) is 15.0. The fourth-order valence-corrected chi connectivity index (χ4v) is 3.03. The predicted molar refractivity (Wildman–Crippen MR) is 120 cm³/mol. The largest absolute Gasteiger partial charge is 0.508 e. The minimum atomic E-state index is -0.00288. The van der Waals surface area contributed by atoms with Gasteiger partial charge >= 0.3 is 0 Å². The number of nitrogens with zero attached hydrogens (tertiary/aromatic N) is 2. The molecule has 0 saturated carbocycles. The molecule has 1 aliphatic carbocycles. The molecular formula is C22H25N5O3. The first-order valence-corrected chi connectivity index (χ1v) is 9.50. The third kappa shape index (κ3) is 5.25. The van der Waals surface area contributed by atoms with Crippen LogP contribution in [-0.2, 0) is 0 Å². The molecule has 0 bridgehead atoms. The monoisotopic (exact) mass is 407 g/mol. The van der Waals surface area contributed by atoms with Gasteiger partial charge in [-0.05, 0) is 48.6 Å². The van der Waals surface area contributed by atoms with Crippen molar-refractivity contribution in [2.45, 2.75) is 0 Å². The summed E-state index contributed by atoms with van der Waals surface area (Å²) in [5.74, 6) is 0.128. The number of phenolic OH excluding ortho intramolecular Hbond substituents is 1. The Hall–Kier alpha value is -3.62. The molecule has 2 aromatic rings. The lowest BCUT2D eigenvalue weighted by Gasteiger charge is -2.23. The number of nitrogens with one attached hydrogen (secondary N) is 2. The SMILES string of the molecule is N=C1C=C(N)C(=Nc2ccc(N(CCO)CCO)cc2)C=C1Nc1cccc(O)c1. The summed E-state index contributed by atoms with van der Waals surface area (Å²) in [6.07, 6.45) is 3.22. The van der Waals surface area contributed by atoms with Crippen molar-refractivity contribution < 1.29 is 15.3 Å². The third-order valence-corrected chi connectivity index (χ3v) is 4.50. The Bertz CT molecular complexity index is 990. The second-order valence-electron chi connectivity index (χ2n) is 6.69. The van der Waals surface area contributed by atoms with Gasteiger partial charge in [0.1, 0.15) is 5.75 Å². The highest BCUT2D eigenvalue weighted by Gasteiger charge is 2.15. The number of aromatic hydroxyl groups is 1. The molecule has 30 heavy (non-hydrogen) atoms. The zero-order valence-electron chi connectivity index (χ0n) is 16.4. The van der Waals surface area contributed by atoms with Gasteiger partial charge < -0.3 is 31.3 Å². The maximum atomic E-state index is 9.63. The average molecular weight is 407 g/mol. The van der Waals surface area contributed by atoms with Gasteiger partial charge in [0.05, 0.1) is 41.7 Å². The lowest BCUT2D eigenvalue weighted by atomic mass is 10.0. The number of anilines is 2. The molecule has 0 aliphatic heterocycles. The van der Waals surface area contributed by atoms with E-state index in [0.29, 0.717) is 41.6 Å². The van der Waals surface area contributed by atoms with Crippen LogP contribution in [0.5, 0.6) is 5.75 Å². The van der Waals surface area contributed by atoms with Crippen molar-refractivity contribution in [3.63, 3.8) is 0 Å². The van der Waals surface area contributed by atoms with Crippen molar-refractivity contribution in [2.24, 2.45) is 10.7 Å². The standard InChI is InChI=1S/C22H25N5O3/c23-19-13-20(24)22(26-16-2-1-3-18(30)12-16)14-21(19)25-15-4-6-17(7-5-15)27(8-10-28)9-11-29/h1-7,12-14,24,26,28-30H,8-11,23H2. The Labute approximate surface area is 174 Å². The summed E-state index contributed by atoms with van der Waals surface area (Å²) in [7, 11) is 0. The Morgan fingerprint density at radius 1 is 1.00 bits per heavy atom. The lowest BCUT2D eigenvalue weighted by molar-refractivity contribution is 0.281. The number of aliphatic hydroxyl groups excluding tert-OH is 2. The van der Waals surface area contributed by atoms with E-state index in [1.165, 1.54) is 6.08 Å². The van der Waals surface area contributed by atoms with Crippen LogP contribution in [0.2, 0.25) is 0 Å². The second kappa shape index (κ2) is 9.73. The van der Waals surface area contributed by atoms with Crippen molar-refractivity contribution in [3.05, 3.63) is 72.1 Å². The number of hydrogen-bond donors (Lipinski definition) is 6. The van der Waals surface area contributed by atoms with Gasteiger partial charge in [-0.3, -0.25) is 5.41 Å². The van der Waals surface area contributed by atoms with Crippen molar-refractivity contribution >= 4 is 28.5 Å². The molecule has 3 rings (SSSR count). The van der Waals surface area contributed by atoms with Gasteiger partial charge in [-0.2, -0.15) is 0 Å². The van der Waals surface area contributed by atoms with E-state index < -0.39 is 0 Å². The second-order valence-corrected chi connectivity index (χ2v) is 6.69. The fourth-order valence-electron chi connectivity index (χ4n) is 3.03. The molecule has 0 spiro atoms. The first kappa shape index (κ1) is 21.1. The number of phenols is 1. The number of rotatable bonds is 8. The van der Waals surface area contributed by atoms with Crippen LogP contribution in [-0.4, -0.2) is 53.0 Å². The van der Waals surface area contributed by atoms with Crippen LogP contribution in [0.25, 0.3) is 0 Å². The molecule has 0 amide bonds. The molecule has 0 fully saturated rings. The summed E-state index contributed by atoms with van der Waals surface area (Å²) in [5.41, 5.74) is 9.90. The molecule has 8 nitrogen and oxygen atoms in total. The quantitative estimate of drug-likeness (QED) is 0.371. The van der Waals surface area contributed by atoms with Gasteiger partial charge in [0.15, 0.2) is 0 Å². The predicted octanol–water partition coefficient (Wildman–Crippen LogP) is 2.13. The molecule has 0 saturated heterocycles. The van der Waals surface area contributed by atoms with E-state index in [9.17, 15) is 15.3 Å². The van der Waals surface area contributed by atoms with Crippen molar-refractivity contribution in [1.29, 1.82) is 5.41 Å². The summed E-state index contributed by atoms with van der Waals surface area (Å²) < 4.78 is 0. The van der Waals surface area contributed by atoms with E-state index in [2.05, 4.69) is 10.3 Å². The zero-order valence-corrected chi connectivity index (χ0v) is 16.4. The first-order chi connectivity index (χ1) is 14.5. The molecule has 7 N–H and O–H groups in total. The molecule has 0 atom stereocenters. The summed E-state index contributed by atoms with van der Waals surface area (Å²) >= 11 is 0. The van der Waals surface area contributed by atoms with Gasteiger partial charge in [-0.15, -0.1) is 0 Å². The van der Waals surface area contributed by atoms with Gasteiger partial charge in [0.25, 0.3) is 0 Å². The molecule has 0 unspecified atom stereocenters. The molecule has 8 heteroatoms. The van der Waals surface area contributed by atoms with Crippen LogP contribution in [0, 0.1) is 5.41 Å². The number of allylic oxidation sites excluding steroid dienone is 2. The number of aliphatic imine (C=N–C) groups is 1. The third-order valence-electron chi connectivity index (χ3n) is 4.50. The Morgan fingerprint density at radius 2 is 1.70 bits per heavy atom. The number of hydrogen-bond acceptors (Lipinski definition) is 8. The van der Waals surface area contributed by atoms with Crippen LogP contribution in [0.1, 0.15) is 0 Å². The van der Waals surface area contributed by atoms with E-state index in [1.807, 2.05) is 29.2 Å². The van der Waals surface area contributed by atoms with Gasteiger partial charge in [-0.25, -0.2) is 4.99 Å². The van der Waals surface area contributed by atoms with Crippen LogP contribution in [0.3, 0.4) is 0 Å². The Balaban J connectivity index is 1.83. The van der Waals surface area contributed by atoms with Crippen LogP contribution < -0.4 is 16.0 Å². The van der Waals surface area contributed by atoms with E-state index in [4.69, 9.17) is 11.1 Å². The smallest absolute Gasteiger partial charge is 0.117 e. The molecule has 0 aromatic heterocycles. The Morgan fingerprint density at radius 3 is 2.33 bits per heavy atom. The minimum Gasteiger partial charge on any atom is -0.508 e. The van der Waals surface area contributed by atoms with E-state index in [-0.39, 0.29) is 24.7 Å². The summed E-state index contributed by atoms with van der Waals surface area (Å²) in [4.78, 5) is 6.46. The van der Waals surface area contributed by atoms with Gasteiger partial charge in [0.2, 0.25) is 0 Å². The summed E-state index contributed by atoms with van der Waals surface area (Å²) in [6, 6.07) is 14.0. The van der Waals surface area contributed by atoms with Crippen LogP contribution in [0.4, 0.5) is 17.1 Å². The fraction of sp³-hybridized carbons (Fsp3) is 0.182. The van der Waals surface area contributed by atoms with E-state index in [1.54, 1.807) is 30.3 Å². The van der Waals surface area contributed by atoms with E-state index in [0.717, 1.165) is 5.69 Å². The van der Waals surface area contributed by atoms with Crippen LogP contribution in [0.15, 0.2) is 77.1 Å². The maximum absolute atomic E-state index is 9.63. The molecule has 2 aromatic carbocycles. The van der Waals surface area contributed by atoms with E-state index >= 15 is 0 Å². The molecule has 156 valence electrons. The first-order valence-electron chi connectivity index (χ1n) is 9.50. The topological polar surface area (TPSA) is 138 Å². The summed E-state index contributed by atoms with van der Waals surface area (Å²) in [5, 5.41) is 39.2. The minimum absolute atomic E-state index is 0.00288. The number of nitrogens with two attached hydrogens (primary N) is 1.